The number of rotatable bonds is 4. The van der Waals surface area contributed by atoms with Crippen molar-refractivity contribution < 1.29 is 4.79 Å². The number of hydrogen-bond acceptors (Lipinski definition) is 3. The average molecular weight is 241 g/mol. The highest BCUT2D eigenvalue weighted by atomic mass is 16.1. The quantitative estimate of drug-likeness (QED) is 0.610. The van der Waals surface area contributed by atoms with Gasteiger partial charge in [-0.25, -0.2) is 4.68 Å². The Bertz CT molecular complexity index is 599. The summed E-state index contributed by atoms with van der Waals surface area (Å²) in [5.41, 5.74) is 4.15. The van der Waals surface area contributed by atoms with E-state index in [-0.39, 0.29) is 0 Å². The van der Waals surface area contributed by atoms with E-state index in [2.05, 4.69) is 16.9 Å². The highest BCUT2D eigenvalue weighted by Gasteiger charge is 2.14. The average Bonchev–Trinajstić information content (AvgIpc) is 2.71. The standard InChI is InChI=1S/C14H15N3O/c1-10(2)8-17-14(13(9-18)15-16-17)12-6-4-5-11(3)7-12/h4-7,9H,1,8H2,2-3H3. The van der Waals surface area contributed by atoms with Gasteiger partial charge in [0.1, 0.15) is 0 Å². The maximum Gasteiger partial charge on any atom is 0.172 e. The van der Waals surface area contributed by atoms with E-state index in [1.165, 1.54) is 0 Å². The Kier molecular flexibility index (Phi) is 3.37. The van der Waals surface area contributed by atoms with E-state index in [0.29, 0.717) is 12.2 Å². The molecule has 1 heterocycles. The molecule has 0 atom stereocenters. The van der Waals surface area contributed by atoms with E-state index in [1.54, 1.807) is 4.68 Å². The third-order valence-corrected chi connectivity index (χ3v) is 2.58. The molecular formula is C14H15N3O. The molecule has 0 unspecified atom stereocenters. The zero-order chi connectivity index (χ0) is 13.1. The highest BCUT2D eigenvalue weighted by Crippen LogP contribution is 2.22. The van der Waals surface area contributed by atoms with Gasteiger partial charge in [0, 0.05) is 5.56 Å². The lowest BCUT2D eigenvalue weighted by molar-refractivity contribution is 0.111. The number of nitrogens with zero attached hydrogens (tertiary/aromatic N) is 3. The second-order valence-electron chi connectivity index (χ2n) is 4.43. The summed E-state index contributed by atoms with van der Waals surface area (Å²) in [7, 11) is 0. The first-order valence-corrected chi connectivity index (χ1v) is 5.72. The summed E-state index contributed by atoms with van der Waals surface area (Å²) >= 11 is 0. The third kappa shape index (κ3) is 2.37. The molecule has 4 heteroatoms. The van der Waals surface area contributed by atoms with E-state index in [1.807, 2.05) is 38.1 Å². The van der Waals surface area contributed by atoms with Crippen LogP contribution in [0.25, 0.3) is 11.3 Å². The summed E-state index contributed by atoms with van der Waals surface area (Å²) in [5.74, 6) is 0. The fourth-order valence-electron chi connectivity index (χ4n) is 1.86. The van der Waals surface area contributed by atoms with Crippen LogP contribution in [0, 0.1) is 6.92 Å². The molecule has 0 saturated carbocycles. The van der Waals surface area contributed by atoms with Gasteiger partial charge in [-0.2, -0.15) is 0 Å². The van der Waals surface area contributed by atoms with Crippen LogP contribution in [0.15, 0.2) is 36.4 Å². The van der Waals surface area contributed by atoms with Crippen LogP contribution in [0.3, 0.4) is 0 Å². The second kappa shape index (κ2) is 4.96. The van der Waals surface area contributed by atoms with Crippen LogP contribution in [-0.2, 0) is 6.54 Å². The van der Waals surface area contributed by atoms with Crippen molar-refractivity contribution in [1.82, 2.24) is 15.0 Å². The summed E-state index contributed by atoms with van der Waals surface area (Å²) in [4.78, 5) is 11.0. The molecule has 0 bridgehead atoms. The summed E-state index contributed by atoms with van der Waals surface area (Å²) in [6.45, 7) is 8.35. The summed E-state index contributed by atoms with van der Waals surface area (Å²) in [5, 5.41) is 7.91. The maximum atomic E-state index is 11.0. The van der Waals surface area contributed by atoms with E-state index in [9.17, 15) is 4.79 Å². The van der Waals surface area contributed by atoms with Crippen molar-refractivity contribution in [2.24, 2.45) is 0 Å². The van der Waals surface area contributed by atoms with Crippen LogP contribution in [0.1, 0.15) is 23.0 Å². The molecular weight excluding hydrogens is 226 g/mol. The maximum absolute atomic E-state index is 11.0. The number of benzene rings is 1. The number of aromatic nitrogens is 3. The molecule has 0 aliphatic heterocycles. The number of hydrogen-bond donors (Lipinski definition) is 0. The zero-order valence-corrected chi connectivity index (χ0v) is 10.6. The molecule has 0 N–H and O–H groups in total. The molecule has 0 amide bonds. The lowest BCUT2D eigenvalue weighted by Crippen LogP contribution is -2.03. The molecule has 0 aliphatic rings. The van der Waals surface area contributed by atoms with Gasteiger partial charge in [-0.1, -0.05) is 41.1 Å². The molecule has 1 aromatic carbocycles. The van der Waals surface area contributed by atoms with Crippen molar-refractivity contribution in [1.29, 1.82) is 0 Å². The van der Waals surface area contributed by atoms with Gasteiger partial charge in [0.05, 0.1) is 12.2 Å². The van der Waals surface area contributed by atoms with Gasteiger partial charge in [0.15, 0.2) is 12.0 Å². The van der Waals surface area contributed by atoms with Crippen molar-refractivity contribution in [3.63, 3.8) is 0 Å². The summed E-state index contributed by atoms with van der Waals surface area (Å²) < 4.78 is 1.71. The molecule has 0 spiro atoms. The van der Waals surface area contributed by atoms with Gasteiger partial charge in [-0.15, -0.1) is 5.10 Å². The SMILES string of the molecule is C=C(C)Cn1nnc(C=O)c1-c1cccc(C)c1. The van der Waals surface area contributed by atoms with E-state index >= 15 is 0 Å². The molecule has 0 fully saturated rings. The van der Waals surface area contributed by atoms with Crippen LogP contribution in [0.4, 0.5) is 0 Å². The Morgan fingerprint density at radius 2 is 2.28 bits per heavy atom. The molecule has 92 valence electrons. The molecule has 0 radical (unpaired) electrons. The number of carbonyl (C=O) groups excluding carboxylic acids is 1. The van der Waals surface area contributed by atoms with Gasteiger partial charge in [0.25, 0.3) is 0 Å². The number of carbonyl (C=O) groups is 1. The minimum absolute atomic E-state index is 0.363. The fourth-order valence-corrected chi connectivity index (χ4v) is 1.86. The lowest BCUT2D eigenvalue weighted by atomic mass is 10.1. The van der Waals surface area contributed by atoms with Crippen LogP contribution in [0.2, 0.25) is 0 Å². The van der Waals surface area contributed by atoms with Crippen molar-refractivity contribution in [3.05, 3.63) is 47.7 Å². The normalized spacial score (nSPS) is 10.3. The van der Waals surface area contributed by atoms with Crippen LogP contribution >= 0.6 is 0 Å². The van der Waals surface area contributed by atoms with E-state index in [4.69, 9.17) is 0 Å². The smallest absolute Gasteiger partial charge is 0.172 e. The third-order valence-electron chi connectivity index (χ3n) is 2.58. The fraction of sp³-hybridized carbons (Fsp3) is 0.214. The first-order valence-electron chi connectivity index (χ1n) is 5.72. The molecule has 0 saturated heterocycles. The molecule has 0 aliphatic carbocycles. The minimum atomic E-state index is 0.363. The van der Waals surface area contributed by atoms with Crippen LogP contribution in [0.5, 0.6) is 0 Å². The first kappa shape index (κ1) is 12.2. The van der Waals surface area contributed by atoms with Crippen LogP contribution in [-0.4, -0.2) is 21.3 Å². The van der Waals surface area contributed by atoms with Gasteiger partial charge >= 0.3 is 0 Å². The van der Waals surface area contributed by atoms with Gasteiger partial charge < -0.3 is 0 Å². The molecule has 18 heavy (non-hydrogen) atoms. The molecule has 1 aromatic heterocycles. The summed E-state index contributed by atoms with van der Waals surface area (Å²) in [6.07, 6.45) is 0.736. The van der Waals surface area contributed by atoms with Gasteiger partial charge in [-0.3, -0.25) is 4.79 Å². The monoisotopic (exact) mass is 241 g/mol. The van der Waals surface area contributed by atoms with Crippen molar-refractivity contribution in [3.8, 4) is 11.3 Å². The van der Waals surface area contributed by atoms with Gasteiger partial charge in [-0.05, 0) is 19.9 Å². The predicted octanol–water partition coefficient (Wildman–Crippen LogP) is 2.64. The van der Waals surface area contributed by atoms with Crippen molar-refractivity contribution >= 4 is 6.29 Å². The van der Waals surface area contributed by atoms with Crippen molar-refractivity contribution in [2.45, 2.75) is 20.4 Å². The molecule has 4 nitrogen and oxygen atoms in total. The molecule has 2 rings (SSSR count). The Balaban J connectivity index is 2.56. The van der Waals surface area contributed by atoms with Crippen LogP contribution < -0.4 is 0 Å². The number of aldehydes is 1. The van der Waals surface area contributed by atoms with Gasteiger partial charge in [0.2, 0.25) is 0 Å². The first-order chi connectivity index (χ1) is 8.61. The Morgan fingerprint density at radius 1 is 1.50 bits per heavy atom. The predicted molar refractivity (Wildman–Crippen MR) is 70.4 cm³/mol. The van der Waals surface area contributed by atoms with Crippen molar-refractivity contribution in [2.75, 3.05) is 0 Å². The summed E-state index contributed by atoms with van der Waals surface area (Å²) in [6, 6.07) is 7.93. The Hall–Kier alpha value is -2.23. The lowest BCUT2D eigenvalue weighted by Gasteiger charge is -2.07. The zero-order valence-electron chi connectivity index (χ0n) is 10.6. The largest absolute Gasteiger partial charge is 0.296 e. The van der Waals surface area contributed by atoms with E-state index in [0.717, 1.165) is 28.7 Å². The highest BCUT2D eigenvalue weighted by molar-refractivity contribution is 5.83. The Labute approximate surface area is 106 Å². The van der Waals surface area contributed by atoms with E-state index < -0.39 is 0 Å². The number of allylic oxidation sites excluding steroid dienone is 1. The second-order valence-corrected chi connectivity index (χ2v) is 4.43. The minimum Gasteiger partial charge on any atom is -0.296 e. The number of aryl methyl sites for hydroxylation is 1. The topological polar surface area (TPSA) is 47.8 Å². The Morgan fingerprint density at radius 3 is 2.89 bits per heavy atom. The molecule has 2 aromatic rings.